The Morgan fingerprint density at radius 1 is 1.53 bits per heavy atom. The van der Waals surface area contributed by atoms with E-state index in [4.69, 9.17) is 10.8 Å². The number of nitriles is 1. The van der Waals surface area contributed by atoms with Gasteiger partial charge in [0.1, 0.15) is 5.75 Å². The largest absolute Gasteiger partial charge is 0.507 e. The van der Waals surface area contributed by atoms with Crippen molar-refractivity contribution in [2.45, 2.75) is 0 Å². The number of azide groups is 1. The Kier molecular flexibility index (Phi) is 3.61. The van der Waals surface area contributed by atoms with Gasteiger partial charge in [-0.15, -0.1) is 0 Å². The number of hydrogen-bond donors (Lipinski definition) is 1. The monoisotopic (exact) mass is 198 g/mol. The minimum absolute atomic E-state index is 0.00226. The van der Waals surface area contributed by atoms with Crippen LogP contribution < -0.4 is 0 Å². The van der Waals surface area contributed by atoms with Gasteiger partial charge in [0.2, 0.25) is 0 Å². The van der Waals surface area contributed by atoms with Crippen LogP contribution >= 0.6 is 0 Å². The van der Waals surface area contributed by atoms with Crippen LogP contribution in [0, 0.1) is 23.2 Å². The molecule has 1 rings (SSSR count). The van der Waals surface area contributed by atoms with Crippen molar-refractivity contribution in [2.24, 2.45) is 5.11 Å². The fourth-order valence-corrected chi connectivity index (χ4v) is 0.907. The highest BCUT2D eigenvalue weighted by molar-refractivity contribution is 5.50. The van der Waals surface area contributed by atoms with Crippen molar-refractivity contribution >= 4 is 0 Å². The van der Waals surface area contributed by atoms with E-state index in [9.17, 15) is 5.11 Å². The van der Waals surface area contributed by atoms with Crippen LogP contribution in [0.1, 0.15) is 11.1 Å². The molecule has 0 aliphatic rings. The number of nitrogens with zero attached hydrogens (tertiary/aromatic N) is 4. The average Bonchev–Trinajstić information content (AvgIpc) is 2.26. The van der Waals surface area contributed by atoms with Gasteiger partial charge in [0.05, 0.1) is 23.7 Å². The molecule has 1 N–H and O–H groups in total. The second-order valence-corrected chi connectivity index (χ2v) is 2.53. The molecule has 0 amide bonds. The van der Waals surface area contributed by atoms with Gasteiger partial charge < -0.3 is 5.11 Å². The molecule has 0 heterocycles. The van der Waals surface area contributed by atoms with Crippen LogP contribution in [0.25, 0.3) is 10.4 Å². The number of benzene rings is 1. The third-order valence-electron chi connectivity index (χ3n) is 1.56. The maximum Gasteiger partial charge on any atom is 0.131 e. The van der Waals surface area contributed by atoms with Crippen molar-refractivity contribution in [3.8, 4) is 23.7 Å². The van der Waals surface area contributed by atoms with Gasteiger partial charge >= 0.3 is 0 Å². The normalized spacial score (nSPS) is 7.93. The zero-order chi connectivity index (χ0) is 11.1. The SMILES string of the molecule is N#Cc1ccc(O)c(C#CCN=[N+]=[N-])c1. The van der Waals surface area contributed by atoms with Crippen molar-refractivity contribution in [3.63, 3.8) is 0 Å². The highest BCUT2D eigenvalue weighted by Crippen LogP contribution is 2.16. The van der Waals surface area contributed by atoms with Crippen molar-refractivity contribution < 1.29 is 5.11 Å². The zero-order valence-corrected chi connectivity index (χ0v) is 7.68. The van der Waals surface area contributed by atoms with E-state index in [-0.39, 0.29) is 12.3 Å². The van der Waals surface area contributed by atoms with E-state index in [0.717, 1.165) is 0 Å². The van der Waals surface area contributed by atoms with E-state index >= 15 is 0 Å². The lowest BCUT2D eigenvalue weighted by molar-refractivity contribution is 0.473. The lowest BCUT2D eigenvalue weighted by Gasteiger charge is -1.95. The third-order valence-corrected chi connectivity index (χ3v) is 1.56. The molecule has 72 valence electrons. The minimum Gasteiger partial charge on any atom is -0.507 e. The van der Waals surface area contributed by atoms with Crippen LogP contribution in [0.5, 0.6) is 5.75 Å². The van der Waals surface area contributed by atoms with Crippen molar-refractivity contribution in [2.75, 3.05) is 6.54 Å². The molecule has 1 aromatic rings. The minimum atomic E-state index is 0.00226. The fraction of sp³-hybridized carbons (Fsp3) is 0.100. The van der Waals surface area contributed by atoms with Crippen LogP contribution in [-0.4, -0.2) is 11.7 Å². The number of phenolic OH excluding ortho intramolecular Hbond substituents is 1. The summed E-state index contributed by atoms with van der Waals surface area (Å²) in [5, 5.41) is 21.2. The summed E-state index contributed by atoms with van der Waals surface area (Å²) in [6.07, 6.45) is 0. The summed E-state index contributed by atoms with van der Waals surface area (Å²) in [6, 6.07) is 6.30. The van der Waals surface area contributed by atoms with Crippen molar-refractivity contribution in [1.82, 2.24) is 0 Å². The first-order chi connectivity index (χ1) is 7.27. The highest BCUT2D eigenvalue weighted by atomic mass is 16.3. The molecule has 0 fully saturated rings. The molecular formula is C10H6N4O. The first-order valence-electron chi connectivity index (χ1n) is 4.01. The highest BCUT2D eigenvalue weighted by Gasteiger charge is 1.98. The Bertz CT molecular complexity index is 512. The molecule has 15 heavy (non-hydrogen) atoms. The summed E-state index contributed by atoms with van der Waals surface area (Å²) in [4.78, 5) is 2.53. The molecule has 5 heteroatoms. The summed E-state index contributed by atoms with van der Waals surface area (Å²) in [5.74, 6) is 5.16. The molecule has 0 aliphatic carbocycles. The molecule has 0 saturated carbocycles. The molecule has 0 bridgehead atoms. The van der Waals surface area contributed by atoms with Crippen LogP contribution in [0.15, 0.2) is 23.3 Å². The summed E-state index contributed by atoms with van der Waals surface area (Å²) < 4.78 is 0. The Hall–Kier alpha value is -2.62. The second-order valence-electron chi connectivity index (χ2n) is 2.53. The van der Waals surface area contributed by atoms with Gasteiger partial charge in [0.15, 0.2) is 0 Å². The average molecular weight is 198 g/mol. The molecule has 1 aromatic carbocycles. The first-order valence-corrected chi connectivity index (χ1v) is 4.01. The van der Waals surface area contributed by atoms with Crippen LogP contribution in [0.2, 0.25) is 0 Å². The van der Waals surface area contributed by atoms with Gasteiger partial charge in [-0.3, -0.25) is 0 Å². The van der Waals surface area contributed by atoms with Gasteiger partial charge in [0.25, 0.3) is 0 Å². The predicted molar refractivity (Wildman–Crippen MR) is 53.7 cm³/mol. The summed E-state index contributed by atoms with van der Waals surface area (Å²) >= 11 is 0. The number of rotatable bonds is 1. The molecular weight excluding hydrogens is 192 g/mol. The molecule has 0 atom stereocenters. The van der Waals surface area contributed by atoms with E-state index in [2.05, 4.69) is 21.9 Å². The van der Waals surface area contributed by atoms with Gasteiger partial charge in [-0.25, -0.2) is 0 Å². The predicted octanol–water partition coefficient (Wildman–Crippen LogP) is 1.93. The second kappa shape index (κ2) is 5.18. The Morgan fingerprint density at radius 2 is 2.33 bits per heavy atom. The standard InChI is InChI=1S/C10H6N4O/c11-7-8-3-4-10(15)9(6-8)2-1-5-13-14-12/h3-4,6,15H,5H2. The van der Waals surface area contributed by atoms with Gasteiger partial charge in [-0.2, -0.15) is 5.26 Å². The molecule has 0 spiro atoms. The number of phenols is 1. The first kappa shape index (κ1) is 10.5. The summed E-state index contributed by atoms with van der Waals surface area (Å²) in [7, 11) is 0. The topological polar surface area (TPSA) is 92.8 Å². The maximum atomic E-state index is 9.37. The van der Waals surface area contributed by atoms with Gasteiger partial charge in [-0.1, -0.05) is 17.0 Å². The van der Waals surface area contributed by atoms with E-state index in [1.165, 1.54) is 18.2 Å². The number of aromatic hydroxyl groups is 1. The van der Waals surface area contributed by atoms with Gasteiger partial charge in [-0.05, 0) is 23.7 Å². The van der Waals surface area contributed by atoms with Gasteiger partial charge in [0, 0.05) is 4.91 Å². The fourth-order valence-electron chi connectivity index (χ4n) is 0.907. The van der Waals surface area contributed by atoms with Crippen LogP contribution in [0.4, 0.5) is 0 Å². The lowest BCUT2D eigenvalue weighted by atomic mass is 10.1. The molecule has 5 nitrogen and oxygen atoms in total. The van der Waals surface area contributed by atoms with E-state index in [1.807, 2.05) is 6.07 Å². The lowest BCUT2D eigenvalue weighted by Crippen LogP contribution is -1.80. The van der Waals surface area contributed by atoms with Crippen molar-refractivity contribution in [1.29, 1.82) is 5.26 Å². The van der Waals surface area contributed by atoms with Crippen molar-refractivity contribution in [3.05, 3.63) is 39.8 Å². The van der Waals surface area contributed by atoms with Crippen LogP contribution in [0.3, 0.4) is 0 Å². The summed E-state index contributed by atoms with van der Waals surface area (Å²) in [6.45, 7) is 0.0344. The maximum absolute atomic E-state index is 9.37. The smallest absolute Gasteiger partial charge is 0.131 e. The molecule has 0 aliphatic heterocycles. The third kappa shape index (κ3) is 2.96. The Balaban J connectivity index is 2.97. The Labute approximate surface area is 86.2 Å². The number of hydrogen-bond acceptors (Lipinski definition) is 3. The van der Waals surface area contributed by atoms with E-state index < -0.39 is 0 Å². The molecule has 0 radical (unpaired) electrons. The van der Waals surface area contributed by atoms with E-state index in [0.29, 0.717) is 11.1 Å². The Morgan fingerprint density at radius 3 is 3.00 bits per heavy atom. The molecule has 0 unspecified atom stereocenters. The zero-order valence-electron chi connectivity index (χ0n) is 7.68. The molecule has 0 aromatic heterocycles. The quantitative estimate of drug-likeness (QED) is 0.323. The van der Waals surface area contributed by atoms with E-state index in [1.54, 1.807) is 0 Å². The van der Waals surface area contributed by atoms with Crippen LogP contribution in [-0.2, 0) is 0 Å². The summed E-state index contributed by atoms with van der Waals surface area (Å²) in [5.41, 5.74) is 8.77. The molecule has 0 saturated heterocycles.